The molecule has 0 bridgehead atoms. The Balaban J connectivity index is 1.49. The highest BCUT2D eigenvalue weighted by atomic mass is 32.1. The van der Waals surface area contributed by atoms with Crippen LogP contribution in [0.3, 0.4) is 0 Å². The fraction of sp³-hybridized carbons (Fsp3) is 0.750. The quantitative estimate of drug-likeness (QED) is 0.668. The maximum absolute atomic E-state index is 6.22. The van der Waals surface area contributed by atoms with Gasteiger partial charge in [0.25, 0.3) is 0 Å². The van der Waals surface area contributed by atoms with E-state index in [0.29, 0.717) is 5.41 Å². The molecule has 6 heteroatoms. The summed E-state index contributed by atoms with van der Waals surface area (Å²) < 4.78 is 0. The lowest BCUT2D eigenvalue weighted by Gasteiger charge is -2.35. The van der Waals surface area contributed by atoms with Gasteiger partial charge in [-0.05, 0) is 30.6 Å². The second-order valence-corrected chi connectivity index (χ2v) is 7.93. The topological polar surface area (TPSA) is 57.8 Å². The number of hydrogen-bond donors (Lipinski definition) is 1. The van der Waals surface area contributed by atoms with Gasteiger partial charge < -0.3 is 15.5 Å². The molecule has 22 heavy (non-hydrogen) atoms. The lowest BCUT2D eigenvalue weighted by molar-refractivity contribution is 0.370. The summed E-state index contributed by atoms with van der Waals surface area (Å²) in [4.78, 5) is 13.6. The molecule has 0 radical (unpaired) electrons. The van der Waals surface area contributed by atoms with Crippen molar-refractivity contribution in [1.82, 2.24) is 9.88 Å². The summed E-state index contributed by atoms with van der Waals surface area (Å²) in [6.07, 6.45) is 5.78. The van der Waals surface area contributed by atoms with Gasteiger partial charge in [-0.2, -0.15) is 0 Å². The van der Waals surface area contributed by atoms with Gasteiger partial charge in [-0.15, -0.1) is 11.3 Å². The number of hydrogen-bond acceptors (Lipinski definition) is 4. The highest BCUT2D eigenvalue weighted by Crippen LogP contribution is 2.50. The largest absolute Gasteiger partial charge is 0.370 e. The lowest BCUT2D eigenvalue weighted by atomic mass is 9.94. The van der Waals surface area contributed by atoms with Gasteiger partial charge >= 0.3 is 0 Å². The van der Waals surface area contributed by atoms with E-state index in [1.165, 1.54) is 19.3 Å². The number of aromatic nitrogens is 1. The summed E-state index contributed by atoms with van der Waals surface area (Å²) in [6.45, 7) is 9.32. The summed E-state index contributed by atoms with van der Waals surface area (Å²) in [5, 5.41) is 3.14. The van der Waals surface area contributed by atoms with Gasteiger partial charge in [-0.25, -0.2) is 4.98 Å². The average molecular weight is 321 g/mol. The summed E-state index contributed by atoms with van der Waals surface area (Å²) in [7, 11) is 0. The van der Waals surface area contributed by atoms with Crippen molar-refractivity contribution in [3.05, 3.63) is 11.6 Å². The number of rotatable bonds is 5. The standard InChI is InChI=1S/C16H27N5S/c1-13(2)11-16(3-4-16)12-19-14(17)20-6-8-21(9-7-20)15-18-5-10-22-15/h5,10,13H,3-4,6-9,11-12H2,1-2H3,(H2,17,19). The Hall–Kier alpha value is -1.30. The molecule has 1 aromatic rings. The molecule has 5 nitrogen and oxygen atoms in total. The Morgan fingerprint density at radius 1 is 1.36 bits per heavy atom. The second-order valence-electron chi connectivity index (χ2n) is 7.06. The van der Waals surface area contributed by atoms with Crippen LogP contribution in [0, 0.1) is 11.3 Å². The minimum Gasteiger partial charge on any atom is -0.370 e. The molecule has 2 N–H and O–H groups in total. The number of nitrogens with zero attached hydrogens (tertiary/aromatic N) is 4. The number of nitrogens with two attached hydrogens (primary N) is 1. The summed E-state index contributed by atoms with van der Waals surface area (Å²) in [6, 6.07) is 0. The van der Waals surface area contributed by atoms with Crippen LogP contribution >= 0.6 is 11.3 Å². The maximum Gasteiger partial charge on any atom is 0.191 e. The Morgan fingerprint density at radius 2 is 2.09 bits per heavy atom. The maximum atomic E-state index is 6.22. The molecule has 0 amide bonds. The van der Waals surface area contributed by atoms with Gasteiger partial charge in [0.05, 0.1) is 0 Å². The van der Waals surface area contributed by atoms with Gasteiger partial charge in [0.1, 0.15) is 0 Å². The predicted molar refractivity (Wildman–Crippen MR) is 93.5 cm³/mol. The monoisotopic (exact) mass is 321 g/mol. The van der Waals surface area contributed by atoms with Crippen molar-refractivity contribution >= 4 is 22.4 Å². The van der Waals surface area contributed by atoms with Crippen molar-refractivity contribution in [2.24, 2.45) is 22.1 Å². The molecule has 1 aliphatic heterocycles. The molecular formula is C16H27N5S. The molecule has 2 heterocycles. The minimum absolute atomic E-state index is 0.460. The average Bonchev–Trinajstić information content (AvgIpc) is 3.04. The fourth-order valence-electron chi connectivity index (χ4n) is 3.32. The summed E-state index contributed by atoms with van der Waals surface area (Å²) in [5.41, 5.74) is 6.68. The van der Waals surface area contributed by atoms with Crippen LogP contribution in [0.1, 0.15) is 33.1 Å². The zero-order valence-corrected chi connectivity index (χ0v) is 14.5. The van der Waals surface area contributed by atoms with Gasteiger partial charge in [0.2, 0.25) is 0 Å². The van der Waals surface area contributed by atoms with Crippen LogP contribution in [-0.4, -0.2) is 48.6 Å². The van der Waals surface area contributed by atoms with Gasteiger partial charge in [-0.3, -0.25) is 4.99 Å². The molecule has 0 aromatic carbocycles. The van der Waals surface area contributed by atoms with E-state index in [4.69, 9.17) is 10.7 Å². The van der Waals surface area contributed by atoms with E-state index in [9.17, 15) is 0 Å². The predicted octanol–water partition coefficient (Wildman–Crippen LogP) is 2.41. The molecule has 1 aromatic heterocycles. The smallest absolute Gasteiger partial charge is 0.191 e. The number of piperazine rings is 1. The number of anilines is 1. The third kappa shape index (κ3) is 3.72. The Bertz CT molecular complexity index is 499. The first-order valence-electron chi connectivity index (χ1n) is 8.27. The molecule has 2 aliphatic rings. The molecule has 1 aliphatic carbocycles. The zero-order chi connectivity index (χ0) is 15.6. The zero-order valence-electron chi connectivity index (χ0n) is 13.7. The molecule has 1 saturated carbocycles. The third-order valence-corrected chi connectivity index (χ3v) is 5.50. The fourth-order valence-corrected chi connectivity index (χ4v) is 4.01. The van der Waals surface area contributed by atoms with E-state index in [0.717, 1.165) is 49.7 Å². The van der Waals surface area contributed by atoms with E-state index in [1.807, 2.05) is 11.6 Å². The van der Waals surface area contributed by atoms with Crippen LogP contribution in [0.4, 0.5) is 5.13 Å². The molecule has 122 valence electrons. The van der Waals surface area contributed by atoms with Crippen molar-refractivity contribution in [1.29, 1.82) is 0 Å². The highest BCUT2D eigenvalue weighted by Gasteiger charge is 2.42. The number of guanidine groups is 1. The van der Waals surface area contributed by atoms with Crippen molar-refractivity contribution < 1.29 is 0 Å². The SMILES string of the molecule is CC(C)CC1(CN=C(N)N2CCN(c3nccs3)CC2)CC1. The van der Waals surface area contributed by atoms with E-state index in [1.54, 1.807) is 11.3 Å². The second kappa shape index (κ2) is 6.44. The van der Waals surface area contributed by atoms with Gasteiger partial charge in [0.15, 0.2) is 11.1 Å². The molecule has 0 unspecified atom stereocenters. The third-order valence-electron chi connectivity index (χ3n) is 4.67. The number of thiazole rings is 1. The van der Waals surface area contributed by atoms with Gasteiger partial charge in [-0.1, -0.05) is 13.8 Å². The van der Waals surface area contributed by atoms with Crippen LogP contribution < -0.4 is 10.6 Å². The lowest BCUT2D eigenvalue weighted by Crippen LogP contribution is -2.51. The van der Waals surface area contributed by atoms with Crippen molar-refractivity contribution in [2.75, 3.05) is 37.6 Å². The Kier molecular flexibility index (Phi) is 4.57. The van der Waals surface area contributed by atoms with Crippen molar-refractivity contribution in [2.45, 2.75) is 33.1 Å². The Morgan fingerprint density at radius 3 is 2.64 bits per heavy atom. The first kappa shape index (κ1) is 15.6. The Labute approximate surface area is 137 Å². The first-order chi connectivity index (χ1) is 10.6. The van der Waals surface area contributed by atoms with Crippen LogP contribution in [0.15, 0.2) is 16.6 Å². The van der Waals surface area contributed by atoms with Crippen LogP contribution in [0.5, 0.6) is 0 Å². The summed E-state index contributed by atoms with van der Waals surface area (Å²) >= 11 is 1.70. The normalized spacial score (nSPS) is 21.5. The van der Waals surface area contributed by atoms with Crippen molar-refractivity contribution in [3.8, 4) is 0 Å². The van der Waals surface area contributed by atoms with Crippen LogP contribution in [0.25, 0.3) is 0 Å². The van der Waals surface area contributed by atoms with E-state index >= 15 is 0 Å². The number of aliphatic imine (C=N–C) groups is 1. The van der Waals surface area contributed by atoms with Crippen molar-refractivity contribution in [3.63, 3.8) is 0 Å². The van der Waals surface area contributed by atoms with E-state index < -0.39 is 0 Å². The first-order valence-corrected chi connectivity index (χ1v) is 9.15. The van der Waals surface area contributed by atoms with Crippen LogP contribution in [0.2, 0.25) is 0 Å². The van der Waals surface area contributed by atoms with Crippen LogP contribution in [-0.2, 0) is 0 Å². The molecule has 0 atom stereocenters. The molecule has 3 rings (SSSR count). The molecule has 1 saturated heterocycles. The summed E-state index contributed by atoms with van der Waals surface area (Å²) in [5.74, 6) is 1.48. The molecule has 2 fully saturated rings. The van der Waals surface area contributed by atoms with E-state index in [-0.39, 0.29) is 0 Å². The van der Waals surface area contributed by atoms with E-state index in [2.05, 4.69) is 28.6 Å². The molecule has 0 spiro atoms. The van der Waals surface area contributed by atoms with Gasteiger partial charge in [0, 0.05) is 44.3 Å². The molecular weight excluding hydrogens is 294 g/mol. The minimum atomic E-state index is 0.460. The highest BCUT2D eigenvalue weighted by molar-refractivity contribution is 7.13.